The normalized spacial score (nSPS) is 17.1. The predicted molar refractivity (Wildman–Crippen MR) is 114 cm³/mol. The maximum Gasteiger partial charge on any atom is 0.256 e. The third kappa shape index (κ3) is 3.24. The van der Waals surface area contributed by atoms with E-state index in [1.165, 1.54) is 12.0 Å². The summed E-state index contributed by atoms with van der Waals surface area (Å²) in [6.45, 7) is 0. The third-order valence-electron chi connectivity index (χ3n) is 6.15. The first kappa shape index (κ1) is 17.8. The van der Waals surface area contributed by atoms with Crippen LogP contribution in [0.5, 0.6) is 0 Å². The molecule has 1 aromatic carbocycles. The number of nitrogens with zero attached hydrogens (tertiary/aromatic N) is 3. The Morgan fingerprint density at radius 1 is 1.07 bits per heavy atom. The first-order valence-electron chi connectivity index (χ1n) is 10.2. The fraction of sp³-hybridized carbons (Fsp3) is 0.304. The average Bonchev–Trinajstić information content (AvgIpc) is 2.75. The number of nitrogens with one attached hydrogen (secondary N) is 2. The number of anilines is 1. The molecule has 0 bridgehead atoms. The summed E-state index contributed by atoms with van der Waals surface area (Å²) in [5.41, 5.74) is 7.67. The Labute approximate surface area is 169 Å². The Kier molecular flexibility index (Phi) is 4.46. The van der Waals surface area contributed by atoms with Crippen molar-refractivity contribution in [3.05, 3.63) is 75.8 Å². The van der Waals surface area contributed by atoms with Crippen LogP contribution in [-0.2, 0) is 11.8 Å². The first-order chi connectivity index (χ1) is 14.3. The van der Waals surface area contributed by atoms with Gasteiger partial charge in [0.15, 0.2) is 0 Å². The van der Waals surface area contributed by atoms with Crippen molar-refractivity contribution >= 4 is 12.2 Å². The number of pyridine rings is 1. The number of benzene rings is 1. The molecule has 6 heteroatoms. The number of rotatable bonds is 3. The van der Waals surface area contributed by atoms with Gasteiger partial charge in [0.25, 0.3) is 5.56 Å². The molecule has 1 fully saturated rings. The van der Waals surface area contributed by atoms with Gasteiger partial charge in [-0.05, 0) is 42.5 Å². The second kappa shape index (κ2) is 7.28. The van der Waals surface area contributed by atoms with Gasteiger partial charge < -0.3 is 0 Å². The largest absolute Gasteiger partial charge is 0.291 e. The SMILES string of the molecule is O=c1[nH]c(NN=Cc2ccncc2)nc2c1C1(CCCCC1)Cc1ccccc1-2. The molecule has 2 heterocycles. The minimum Gasteiger partial charge on any atom is -0.291 e. The Morgan fingerprint density at radius 2 is 1.86 bits per heavy atom. The number of hydrazone groups is 1. The third-order valence-corrected chi connectivity index (χ3v) is 6.15. The van der Waals surface area contributed by atoms with Gasteiger partial charge in [0.05, 0.1) is 17.5 Å². The van der Waals surface area contributed by atoms with E-state index in [0.29, 0.717) is 5.95 Å². The molecule has 0 radical (unpaired) electrons. The van der Waals surface area contributed by atoms with Gasteiger partial charge in [-0.2, -0.15) is 5.10 Å². The van der Waals surface area contributed by atoms with Crippen LogP contribution >= 0.6 is 0 Å². The molecule has 0 amide bonds. The second-order valence-corrected chi connectivity index (χ2v) is 7.96. The summed E-state index contributed by atoms with van der Waals surface area (Å²) in [6.07, 6.45) is 11.7. The summed E-state index contributed by atoms with van der Waals surface area (Å²) in [4.78, 5) is 24.9. The lowest BCUT2D eigenvalue weighted by atomic mass is 9.62. The van der Waals surface area contributed by atoms with Gasteiger partial charge in [-0.3, -0.25) is 14.8 Å². The van der Waals surface area contributed by atoms with E-state index < -0.39 is 0 Å². The predicted octanol–water partition coefficient (Wildman–Crippen LogP) is 4.04. The number of hydrogen-bond acceptors (Lipinski definition) is 5. The Morgan fingerprint density at radius 3 is 2.69 bits per heavy atom. The molecule has 3 aromatic rings. The first-order valence-corrected chi connectivity index (χ1v) is 10.2. The van der Waals surface area contributed by atoms with E-state index in [0.717, 1.165) is 54.5 Å². The number of fused-ring (bicyclic) bond motifs is 4. The highest BCUT2D eigenvalue weighted by Gasteiger charge is 2.42. The van der Waals surface area contributed by atoms with E-state index in [4.69, 9.17) is 4.98 Å². The lowest BCUT2D eigenvalue weighted by Gasteiger charge is -2.41. The van der Waals surface area contributed by atoms with Gasteiger partial charge in [0.2, 0.25) is 5.95 Å². The van der Waals surface area contributed by atoms with Crippen molar-refractivity contribution in [2.75, 3.05) is 5.43 Å². The molecular weight excluding hydrogens is 362 g/mol. The van der Waals surface area contributed by atoms with Gasteiger partial charge in [-0.1, -0.05) is 43.5 Å². The van der Waals surface area contributed by atoms with E-state index in [1.807, 2.05) is 18.2 Å². The van der Waals surface area contributed by atoms with E-state index in [-0.39, 0.29) is 11.0 Å². The molecule has 1 saturated carbocycles. The molecule has 2 aromatic heterocycles. The van der Waals surface area contributed by atoms with Crippen LogP contribution in [0.3, 0.4) is 0 Å². The summed E-state index contributed by atoms with van der Waals surface area (Å²) >= 11 is 0. The van der Waals surface area contributed by atoms with Crippen LogP contribution in [0.2, 0.25) is 0 Å². The number of hydrogen-bond donors (Lipinski definition) is 2. The quantitative estimate of drug-likeness (QED) is 0.527. The van der Waals surface area contributed by atoms with Gasteiger partial charge in [-0.25, -0.2) is 10.4 Å². The highest BCUT2D eigenvalue weighted by atomic mass is 16.1. The summed E-state index contributed by atoms with van der Waals surface area (Å²) < 4.78 is 0. The highest BCUT2D eigenvalue weighted by molar-refractivity contribution is 5.79. The smallest absolute Gasteiger partial charge is 0.256 e. The lowest BCUT2D eigenvalue weighted by molar-refractivity contribution is 0.285. The Bertz CT molecular complexity index is 1110. The molecule has 0 atom stereocenters. The molecule has 5 rings (SSSR count). The summed E-state index contributed by atoms with van der Waals surface area (Å²) in [5.74, 6) is 0.363. The van der Waals surface area contributed by atoms with Crippen LogP contribution in [0.1, 0.15) is 48.8 Å². The maximum absolute atomic E-state index is 13.2. The van der Waals surface area contributed by atoms with Crippen molar-refractivity contribution < 1.29 is 0 Å². The van der Waals surface area contributed by atoms with Crippen LogP contribution < -0.4 is 11.0 Å². The summed E-state index contributed by atoms with van der Waals surface area (Å²) in [7, 11) is 0. The standard InChI is InChI=1S/C23H23N5O/c29-21-19-20(26-22(27-21)28-25-15-16-8-12-24-13-9-16)18-7-3-2-6-17(18)14-23(19)10-4-1-5-11-23/h2-3,6-9,12-13,15H,1,4-5,10-11,14H2,(H2,26,27,28,29). The lowest BCUT2D eigenvalue weighted by Crippen LogP contribution is -2.40. The molecule has 6 nitrogen and oxygen atoms in total. The molecule has 146 valence electrons. The maximum atomic E-state index is 13.2. The van der Waals surface area contributed by atoms with Gasteiger partial charge in [0.1, 0.15) is 0 Å². The van der Waals surface area contributed by atoms with Crippen LogP contribution in [0.4, 0.5) is 5.95 Å². The van der Waals surface area contributed by atoms with E-state index in [9.17, 15) is 4.79 Å². The minimum atomic E-state index is -0.0959. The van der Waals surface area contributed by atoms with Crippen molar-refractivity contribution in [2.24, 2.45) is 5.10 Å². The fourth-order valence-corrected chi connectivity index (χ4v) is 4.84. The monoisotopic (exact) mass is 385 g/mol. The molecule has 2 N–H and O–H groups in total. The van der Waals surface area contributed by atoms with Crippen molar-refractivity contribution in [2.45, 2.75) is 43.9 Å². The second-order valence-electron chi connectivity index (χ2n) is 7.96. The number of H-pyrrole nitrogens is 1. The van der Waals surface area contributed by atoms with Crippen molar-refractivity contribution in [1.82, 2.24) is 15.0 Å². The fourth-order valence-electron chi connectivity index (χ4n) is 4.84. The molecule has 2 aliphatic rings. The Hall–Kier alpha value is -3.28. The van der Waals surface area contributed by atoms with E-state index >= 15 is 0 Å². The van der Waals surface area contributed by atoms with Crippen molar-refractivity contribution in [3.63, 3.8) is 0 Å². The van der Waals surface area contributed by atoms with Crippen LogP contribution in [0, 0.1) is 0 Å². The van der Waals surface area contributed by atoms with Crippen molar-refractivity contribution in [1.29, 1.82) is 0 Å². The van der Waals surface area contributed by atoms with E-state index in [1.54, 1.807) is 18.6 Å². The molecular formula is C23H23N5O. The summed E-state index contributed by atoms with van der Waals surface area (Å²) in [5, 5.41) is 4.23. The molecule has 0 unspecified atom stereocenters. The number of aromatic amines is 1. The van der Waals surface area contributed by atoms with Gasteiger partial charge in [-0.15, -0.1) is 0 Å². The molecule has 2 aliphatic carbocycles. The zero-order chi connectivity index (χ0) is 19.7. The van der Waals surface area contributed by atoms with Crippen LogP contribution in [0.15, 0.2) is 58.7 Å². The highest BCUT2D eigenvalue weighted by Crippen LogP contribution is 2.48. The molecule has 1 spiro atoms. The molecule has 29 heavy (non-hydrogen) atoms. The Balaban J connectivity index is 1.56. The number of aromatic nitrogens is 3. The van der Waals surface area contributed by atoms with E-state index in [2.05, 4.69) is 38.7 Å². The molecule has 0 saturated heterocycles. The van der Waals surface area contributed by atoms with Crippen LogP contribution in [0.25, 0.3) is 11.3 Å². The summed E-state index contributed by atoms with van der Waals surface area (Å²) in [6, 6.07) is 12.0. The average molecular weight is 385 g/mol. The zero-order valence-corrected chi connectivity index (χ0v) is 16.2. The van der Waals surface area contributed by atoms with Gasteiger partial charge >= 0.3 is 0 Å². The minimum absolute atomic E-state index is 0.0481. The van der Waals surface area contributed by atoms with Gasteiger partial charge in [0, 0.05) is 23.4 Å². The topological polar surface area (TPSA) is 83.0 Å². The zero-order valence-electron chi connectivity index (χ0n) is 16.2. The molecule has 0 aliphatic heterocycles. The van der Waals surface area contributed by atoms with Crippen molar-refractivity contribution in [3.8, 4) is 11.3 Å². The van der Waals surface area contributed by atoms with Crippen LogP contribution in [-0.4, -0.2) is 21.2 Å².